The molecule has 124 valence electrons. The maximum Gasteiger partial charge on any atom is 0.225 e. The number of fused-ring (bicyclic) bond motifs is 1. The van der Waals surface area contributed by atoms with Crippen molar-refractivity contribution in [3.05, 3.63) is 59.4 Å². The van der Waals surface area contributed by atoms with Gasteiger partial charge in [-0.1, -0.05) is 24.3 Å². The molecular weight excluding hydrogens is 307 g/mol. The van der Waals surface area contributed by atoms with Crippen LogP contribution in [0.1, 0.15) is 11.1 Å². The Morgan fingerprint density at radius 3 is 2.67 bits per heavy atom. The van der Waals surface area contributed by atoms with E-state index < -0.39 is 0 Å². The van der Waals surface area contributed by atoms with Gasteiger partial charge in [-0.05, 0) is 35.7 Å². The lowest BCUT2D eigenvalue weighted by molar-refractivity contribution is 0.210. The highest BCUT2D eigenvalue weighted by molar-refractivity contribution is 5.92. The minimum atomic E-state index is -0.244. The summed E-state index contributed by atoms with van der Waals surface area (Å²) in [5, 5.41) is 3.92. The highest BCUT2D eigenvalue weighted by Gasteiger charge is 2.10. The highest BCUT2D eigenvalue weighted by Crippen LogP contribution is 2.25. The molecule has 3 rings (SSSR count). The summed E-state index contributed by atoms with van der Waals surface area (Å²) < 4.78 is 18.1. The first-order valence-corrected chi connectivity index (χ1v) is 7.70. The monoisotopic (exact) mass is 326 g/mol. The Morgan fingerprint density at radius 1 is 1.12 bits per heavy atom. The number of ether oxygens (including phenoxy) is 1. The standard InChI is InChI=1S/C18H19FN4O/c1-24-10-9-21-18-22-15-4-2-3-13(16(15)17(20)23-18)11-12-5-7-14(19)8-6-12/h2-8H,9-11H2,1H3,(H3,20,21,22,23). The van der Waals surface area contributed by atoms with Gasteiger partial charge < -0.3 is 15.8 Å². The lowest BCUT2D eigenvalue weighted by Gasteiger charge is -2.11. The van der Waals surface area contributed by atoms with E-state index >= 15 is 0 Å². The third kappa shape index (κ3) is 3.60. The summed E-state index contributed by atoms with van der Waals surface area (Å²) in [4.78, 5) is 8.84. The molecule has 0 aliphatic rings. The number of nitrogens with two attached hydrogens (primary N) is 1. The molecule has 3 N–H and O–H groups in total. The van der Waals surface area contributed by atoms with Crippen LogP contribution in [0.5, 0.6) is 0 Å². The summed E-state index contributed by atoms with van der Waals surface area (Å²) in [6.45, 7) is 1.17. The molecule has 0 spiro atoms. The highest BCUT2D eigenvalue weighted by atomic mass is 19.1. The van der Waals surface area contributed by atoms with Crippen molar-refractivity contribution in [1.82, 2.24) is 9.97 Å². The molecule has 0 unspecified atom stereocenters. The van der Waals surface area contributed by atoms with Gasteiger partial charge in [-0.25, -0.2) is 9.37 Å². The van der Waals surface area contributed by atoms with Crippen LogP contribution in [0, 0.1) is 5.82 Å². The number of benzene rings is 2. The molecule has 2 aromatic carbocycles. The van der Waals surface area contributed by atoms with Gasteiger partial charge in [-0.15, -0.1) is 0 Å². The van der Waals surface area contributed by atoms with Gasteiger partial charge in [0.05, 0.1) is 12.1 Å². The van der Waals surface area contributed by atoms with Gasteiger partial charge in [0.1, 0.15) is 11.6 Å². The van der Waals surface area contributed by atoms with Gasteiger partial charge >= 0.3 is 0 Å². The number of nitrogens with zero attached hydrogens (tertiary/aromatic N) is 2. The van der Waals surface area contributed by atoms with Crippen molar-refractivity contribution in [2.45, 2.75) is 6.42 Å². The van der Waals surface area contributed by atoms with Gasteiger partial charge in [0.15, 0.2) is 0 Å². The van der Waals surface area contributed by atoms with Gasteiger partial charge in [0, 0.05) is 19.0 Å². The number of rotatable bonds is 6. The minimum absolute atomic E-state index is 0.244. The summed E-state index contributed by atoms with van der Waals surface area (Å²) in [6, 6.07) is 12.3. The number of nitrogen functional groups attached to an aromatic ring is 1. The fourth-order valence-electron chi connectivity index (χ4n) is 2.60. The van der Waals surface area contributed by atoms with E-state index in [1.165, 1.54) is 12.1 Å². The van der Waals surface area contributed by atoms with E-state index in [4.69, 9.17) is 10.5 Å². The number of anilines is 2. The van der Waals surface area contributed by atoms with Crippen molar-refractivity contribution in [1.29, 1.82) is 0 Å². The molecule has 3 aromatic rings. The lowest BCUT2D eigenvalue weighted by Crippen LogP contribution is -2.11. The molecule has 6 heteroatoms. The van der Waals surface area contributed by atoms with Crippen molar-refractivity contribution in [2.75, 3.05) is 31.3 Å². The summed E-state index contributed by atoms with van der Waals surface area (Å²) >= 11 is 0. The van der Waals surface area contributed by atoms with Crippen LogP contribution in [0.3, 0.4) is 0 Å². The van der Waals surface area contributed by atoms with Crippen molar-refractivity contribution < 1.29 is 9.13 Å². The first kappa shape index (κ1) is 16.1. The first-order chi connectivity index (χ1) is 11.7. The number of aromatic nitrogens is 2. The molecule has 1 aromatic heterocycles. The Labute approximate surface area is 139 Å². The molecule has 0 amide bonds. The van der Waals surface area contributed by atoms with Crippen LogP contribution in [0.4, 0.5) is 16.2 Å². The third-order valence-electron chi connectivity index (χ3n) is 3.73. The average molecular weight is 326 g/mol. The molecule has 0 saturated heterocycles. The van der Waals surface area contributed by atoms with Gasteiger partial charge in [0.25, 0.3) is 0 Å². The first-order valence-electron chi connectivity index (χ1n) is 7.70. The number of hydrogen-bond donors (Lipinski definition) is 2. The lowest BCUT2D eigenvalue weighted by atomic mass is 10.0. The van der Waals surface area contributed by atoms with Gasteiger partial charge in [-0.2, -0.15) is 4.98 Å². The Bertz CT molecular complexity index is 836. The molecule has 5 nitrogen and oxygen atoms in total. The number of nitrogens with one attached hydrogen (secondary N) is 1. The normalized spacial score (nSPS) is 10.9. The largest absolute Gasteiger partial charge is 0.383 e. The maximum absolute atomic E-state index is 13.1. The van der Waals surface area contributed by atoms with Crippen LogP contribution in [0.25, 0.3) is 10.9 Å². The number of halogens is 1. The van der Waals surface area contributed by atoms with Crippen molar-refractivity contribution in [3.63, 3.8) is 0 Å². The maximum atomic E-state index is 13.1. The summed E-state index contributed by atoms with van der Waals surface area (Å²) in [5.74, 6) is 0.667. The Kier molecular flexibility index (Phi) is 4.86. The summed E-state index contributed by atoms with van der Waals surface area (Å²) in [7, 11) is 1.64. The van der Waals surface area contributed by atoms with Crippen LogP contribution in [0.2, 0.25) is 0 Å². The topological polar surface area (TPSA) is 73.1 Å². The Hall–Kier alpha value is -2.73. The fourth-order valence-corrected chi connectivity index (χ4v) is 2.60. The predicted octanol–water partition coefficient (Wildman–Crippen LogP) is 3.00. The van der Waals surface area contributed by atoms with Crippen LogP contribution < -0.4 is 11.1 Å². The molecule has 0 saturated carbocycles. The summed E-state index contributed by atoms with van der Waals surface area (Å²) in [5.41, 5.74) is 8.96. The van der Waals surface area contributed by atoms with Crippen molar-refractivity contribution >= 4 is 22.7 Å². The Morgan fingerprint density at radius 2 is 1.92 bits per heavy atom. The van der Waals surface area contributed by atoms with E-state index in [1.807, 2.05) is 18.2 Å². The minimum Gasteiger partial charge on any atom is -0.383 e. The van der Waals surface area contributed by atoms with E-state index in [9.17, 15) is 4.39 Å². The molecular formula is C18H19FN4O. The fraction of sp³-hybridized carbons (Fsp3) is 0.222. The zero-order valence-electron chi connectivity index (χ0n) is 13.4. The molecule has 0 radical (unpaired) electrons. The molecule has 0 aliphatic carbocycles. The van der Waals surface area contributed by atoms with E-state index in [0.29, 0.717) is 31.3 Å². The van der Waals surface area contributed by atoms with Gasteiger partial charge in [-0.3, -0.25) is 0 Å². The van der Waals surface area contributed by atoms with E-state index in [-0.39, 0.29) is 5.82 Å². The molecule has 0 aliphatic heterocycles. The third-order valence-corrected chi connectivity index (χ3v) is 3.73. The second-order valence-electron chi connectivity index (χ2n) is 5.47. The van der Waals surface area contributed by atoms with Crippen LogP contribution in [-0.4, -0.2) is 30.2 Å². The Balaban J connectivity index is 1.93. The van der Waals surface area contributed by atoms with E-state index in [0.717, 1.165) is 22.0 Å². The zero-order chi connectivity index (χ0) is 16.9. The zero-order valence-corrected chi connectivity index (χ0v) is 13.4. The molecule has 0 bridgehead atoms. The molecule has 0 atom stereocenters. The number of methoxy groups -OCH3 is 1. The van der Waals surface area contributed by atoms with E-state index in [2.05, 4.69) is 15.3 Å². The second kappa shape index (κ2) is 7.23. The van der Waals surface area contributed by atoms with Crippen LogP contribution >= 0.6 is 0 Å². The van der Waals surface area contributed by atoms with Gasteiger partial charge in [0.2, 0.25) is 5.95 Å². The van der Waals surface area contributed by atoms with Crippen molar-refractivity contribution in [3.8, 4) is 0 Å². The smallest absolute Gasteiger partial charge is 0.225 e. The average Bonchev–Trinajstić information content (AvgIpc) is 2.57. The molecule has 1 heterocycles. The summed E-state index contributed by atoms with van der Waals surface area (Å²) in [6.07, 6.45) is 0.641. The van der Waals surface area contributed by atoms with Crippen molar-refractivity contribution in [2.24, 2.45) is 0 Å². The molecule has 24 heavy (non-hydrogen) atoms. The molecule has 0 fully saturated rings. The SMILES string of the molecule is COCCNc1nc(N)c2c(Cc3ccc(F)cc3)cccc2n1. The second-order valence-corrected chi connectivity index (χ2v) is 5.47. The predicted molar refractivity (Wildman–Crippen MR) is 93.5 cm³/mol. The van der Waals surface area contributed by atoms with E-state index in [1.54, 1.807) is 19.2 Å². The van der Waals surface area contributed by atoms with Crippen LogP contribution in [-0.2, 0) is 11.2 Å². The number of hydrogen-bond acceptors (Lipinski definition) is 5. The van der Waals surface area contributed by atoms with Crippen LogP contribution in [0.15, 0.2) is 42.5 Å². The quantitative estimate of drug-likeness (QED) is 0.681.